The molecule has 4 amide bonds. The number of amides is 4. The van der Waals surface area contributed by atoms with Gasteiger partial charge in [-0.25, -0.2) is 19.2 Å². The standard InChI is InChI=1S/C30H40N6O8/c1-7-21(5)35-43-29(39)33-25-17-23(13-11-19(25)3)31-27(37)41-15-9-10-16-42-28(38)32-24-14-12-20(4)26(18-24)34-30(40)44-36-22(6)8-2/h11-14,17-18H,7-10,15-16H2,1-6H3,(H,31,37)(H,32,38)(H,33,39)(H,34,40)/b35-21+,36-22+. The first-order valence-corrected chi connectivity index (χ1v) is 14.1. The Balaban J connectivity index is 1.70. The van der Waals surface area contributed by atoms with Crippen molar-refractivity contribution in [2.45, 2.75) is 67.2 Å². The molecule has 0 bridgehead atoms. The third-order valence-electron chi connectivity index (χ3n) is 6.04. The van der Waals surface area contributed by atoms with Gasteiger partial charge in [0.05, 0.1) is 24.6 Å². The van der Waals surface area contributed by atoms with E-state index in [0.717, 1.165) is 11.1 Å². The summed E-state index contributed by atoms with van der Waals surface area (Å²) in [6.07, 6.45) is -0.641. The largest absolute Gasteiger partial charge is 0.449 e. The highest BCUT2D eigenvalue weighted by Gasteiger charge is 2.11. The number of anilines is 4. The first-order chi connectivity index (χ1) is 21.0. The zero-order valence-electron chi connectivity index (χ0n) is 25.9. The Morgan fingerprint density at radius 2 is 1.00 bits per heavy atom. The third-order valence-corrected chi connectivity index (χ3v) is 6.04. The molecule has 4 N–H and O–H groups in total. The van der Waals surface area contributed by atoms with Crippen molar-refractivity contribution in [2.24, 2.45) is 10.3 Å². The van der Waals surface area contributed by atoms with Gasteiger partial charge in [0.25, 0.3) is 0 Å². The summed E-state index contributed by atoms with van der Waals surface area (Å²) in [6.45, 7) is 11.1. The molecule has 0 radical (unpaired) electrons. The smallest absolute Gasteiger partial charge is 0.437 e. The number of rotatable bonds is 13. The number of carbonyl (C=O) groups is 4. The topological polar surface area (TPSA) is 178 Å². The van der Waals surface area contributed by atoms with E-state index < -0.39 is 24.4 Å². The van der Waals surface area contributed by atoms with Crippen LogP contribution in [0.2, 0.25) is 0 Å². The van der Waals surface area contributed by atoms with Crippen LogP contribution in [0.1, 0.15) is 64.5 Å². The average Bonchev–Trinajstić information content (AvgIpc) is 2.99. The van der Waals surface area contributed by atoms with Gasteiger partial charge in [0.1, 0.15) is 0 Å². The van der Waals surface area contributed by atoms with E-state index in [1.54, 1.807) is 64.1 Å². The van der Waals surface area contributed by atoms with Crippen molar-refractivity contribution in [3.05, 3.63) is 47.5 Å². The van der Waals surface area contributed by atoms with Crippen molar-refractivity contribution in [3.63, 3.8) is 0 Å². The molecule has 14 heteroatoms. The lowest BCUT2D eigenvalue weighted by Crippen LogP contribution is -2.17. The molecule has 0 saturated carbocycles. The van der Waals surface area contributed by atoms with Crippen LogP contribution in [-0.2, 0) is 19.1 Å². The third kappa shape index (κ3) is 13.2. The second-order valence-electron chi connectivity index (χ2n) is 9.66. The summed E-state index contributed by atoms with van der Waals surface area (Å²) in [6, 6.07) is 9.92. The molecule has 0 aliphatic rings. The van der Waals surface area contributed by atoms with E-state index in [1.807, 2.05) is 13.8 Å². The maximum absolute atomic E-state index is 12.2. The van der Waals surface area contributed by atoms with E-state index >= 15 is 0 Å². The number of benzene rings is 2. The Labute approximate surface area is 256 Å². The number of carbonyl (C=O) groups excluding carboxylic acids is 4. The fraction of sp³-hybridized carbons (Fsp3) is 0.400. The van der Waals surface area contributed by atoms with Crippen molar-refractivity contribution in [3.8, 4) is 0 Å². The molecule has 44 heavy (non-hydrogen) atoms. The second kappa shape index (κ2) is 18.4. The first-order valence-electron chi connectivity index (χ1n) is 14.1. The summed E-state index contributed by atoms with van der Waals surface area (Å²) < 4.78 is 10.4. The molecule has 0 saturated heterocycles. The molecule has 238 valence electrons. The van der Waals surface area contributed by atoms with Gasteiger partial charge in [-0.2, -0.15) is 0 Å². The van der Waals surface area contributed by atoms with E-state index in [2.05, 4.69) is 31.6 Å². The molecule has 2 aromatic rings. The second-order valence-corrected chi connectivity index (χ2v) is 9.66. The van der Waals surface area contributed by atoms with Gasteiger partial charge < -0.3 is 9.47 Å². The number of hydrogen-bond donors (Lipinski definition) is 4. The fourth-order valence-corrected chi connectivity index (χ4v) is 3.14. The molecule has 14 nitrogen and oxygen atoms in total. The van der Waals surface area contributed by atoms with Crippen molar-refractivity contribution in [2.75, 3.05) is 34.5 Å². The Kier molecular flexibility index (Phi) is 14.7. The van der Waals surface area contributed by atoms with Gasteiger partial charge in [0.2, 0.25) is 0 Å². The van der Waals surface area contributed by atoms with Crippen LogP contribution in [0, 0.1) is 13.8 Å². The zero-order chi connectivity index (χ0) is 32.5. The van der Waals surface area contributed by atoms with Crippen LogP contribution < -0.4 is 21.3 Å². The maximum atomic E-state index is 12.2. The summed E-state index contributed by atoms with van der Waals surface area (Å²) in [5.41, 5.74) is 4.57. The summed E-state index contributed by atoms with van der Waals surface area (Å²) in [4.78, 5) is 57.9. The number of ether oxygens (including phenoxy) is 2. The van der Waals surface area contributed by atoms with Crippen LogP contribution in [0.3, 0.4) is 0 Å². The SMILES string of the molecule is CC/C(C)=N/OC(=O)Nc1cc(NC(=O)OCCCCOC(=O)Nc2ccc(C)c(NC(=O)O/N=C(\C)CC)c2)ccc1C. The van der Waals surface area contributed by atoms with Gasteiger partial charge in [-0.3, -0.25) is 30.9 Å². The monoisotopic (exact) mass is 612 g/mol. The lowest BCUT2D eigenvalue weighted by molar-refractivity contribution is 0.143. The van der Waals surface area contributed by atoms with Crippen molar-refractivity contribution < 1.29 is 38.3 Å². The van der Waals surface area contributed by atoms with E-state index in [4.69, 9.17) is 19.1 Å². The molecular weight excluding hydrogens is 572 g/mol. The number of unbranched alkanes of at least 4 members (excludes halogenated alkanes) is 1. The normalized spacial score (nSPS) is 11.2. The molecule has 0 unspecified atom stereocenters. The van der Waals surface area contributed by atoms with Crippen LogP contribution in [-0.4, -0.2) is 49.0 Å². The molecule has 0 spiro atoms. The number of nitrogens with one attached hydrogen (secondary N) is 4. The van der Waals surface area contributed by atoms with Gasteiger partial charge >= 0.3 is 24.4 Å². The molecular formula is C30H40N6O8. The molecule has 0 atom stereocenters. The van der Waals surface area contributed by atoms with Crippen LogP contribution in [0.15, 0.2) is 46.7 Å². The van der Waals surface area contributed by atoms with E-state index in [-0.39, 0.29) is 13.2 Å². The maximum Gasteiger partial charge on any atom is 0.437 e. The minimum Gasteiger partial charge on any atom is -0.449 e. The average molecular weight is 613 g/mol. The molecule has 0 fully saturated rings. The highest BCUT2D eigenvalue weighted by atomic mass is 16.7. The Hall–Kier alpha value is -5.14. The predicted molar refractivity (Wildman–Crippen MR) is 169 cm³/mol. The summed E-state index contributed by atoms with van der Waals surface area (Å²) >= 11 is 0. The quantitative estimate of drug-likeness (QED) is 0.0775. The summed E-state index contributed by atoms with van der Waals surface area (Å²) in [7, 11) is 0. The number of oxime groups is 2. The summed E-state index contributed by atoms with van der Waals surface area (Å²) in [5.74, 6) is 0. The minimum atomic E-state index is -0.748. The lowest BCUT2D eigenvalue weighted by atomic mass is 10.2. The van der Waals surface area contributed by atoms with Crippen LogP contribution in [0.5, 0.6) is 0 Å². The van der Waals surface area contributed by atoms with Gasteiger partial charge in [0.15, 0.2) is 0 Å². The van der Waals surface area contributed by atoms with Gasteiger partial charge in [-0.05, 0) is 88.8 Å². The fourth-order valence-electron chi connectivity index (χ4n) is 3.14. The highest BCUT2D eigenvalue weighted by Crippen LogP contribution is 2.22. The molecule has 2 rings (SSSR count). The van der Waals surface area contributed by atoms with E-state index in [9.17, 15) is 19.2 Å². The van der Waals surface area contributed by atoms with Crippen molar-refractivity contribution in [1.82, 2.24) is 0 Å². The van der Waals surface area contributed by atoms with Gasteiger partial charge in [0, 0.05) is 22.7 Å². The molecule has 0 aliphatic heterocycles. The van der Waals surface area contributed by atoms with Crippen molar-refractivity contribution in [1.29, 1.82) is 0 Å². The van der Waals surface area contributed by atoms with Crippen LogP contribution in [0.4, 0.5) is 41.9 Å². The van der Waals surface area contributed by atoms with Crippen molar-refractivity contribution >= 4 is 58.5 Å². The highest BCUT2D eigenvalue weighted by molar-refractivity contribution is 5.91. The van der Waals surface area contributed by atoms with Gasteiger partial charge in [-0.1, -0.05) is 36.3 Å². The van der Waals surface area contributed by atoms with E-state index in [0.29, 0.717) is 59.9 Å². The Morgan fingerprint density at radius 3 is 1.36 bits per heavy atom. The first kappa shape index (κ1) is 35.1. The molecule has 0 aliphatic carbocycles. The zero-order valence-corrected chi connectivity index (χ0v) is 25.9. The van der Waals surface area contributed by atoms with Crippen LogP contribution >= 0.6 is 0 Å². The Morgan fingerprint density at radius 1 is 0.614 bits per heavy atom. The predicted octanol–water partition coefficient (Wildman–Crippen LogP) is 7.55. The molecule has 0 aromatic heterocycles. The van der Waals surface area contributed by atoms with Crippen LogP contribution in [0.25, 0.3) is 0 Å². The van der Waals surface area contributed by atoms with E-state index in [1.165, 1.54) is 0 Å². The minimum absolute atomic E-state index is 0.0970. The Bertz CT molecular complexity index is 1270. The van der Waals surface area contributed by atoms with Gasteiger partial charge in [-0.15, -0.1) is 0 Å². The number of hydrogen-bond acceptors (Lipinski definition) is 10. The lowest BCUT2D eigenvalue weighted by Gasteiger charge is -2.12. The number of aryl methyl sites for hydroxylation is 2. The molecule has 2 aromatic carbocycles. The number of nitrogens with zero attached hydrogens (tertiary/aromatic N) is 2. The molecule has 0 heterocycles. The summed E-state index contributed by atoms with van der Waals surface area (Å²) in [5, 5.41) is 17.8.